The first-order valence-electron chi connectivity index (χ1n) is 7.61. The van der Waals surface area contributed by atoms with Crippen molar-refractivity contribution in [3.63, 3.8) is 0 Å². The van der Waals surface area contributed by atoms with Crippen LogP contribution in [0.3, 0.4) is 0 Å². The number of nitrogens with zero attached hydrogens (tertiary/aromatic N) is 3. The molecule has 0 spiro atoms. The summed E-state index contributed by atoms with van der Waals surface area (Å²) in [6.07, 6.45) is 4.70. The highest BCUT2D eigenvalue weighted by atomic mass is 32.1. The minimum absolute atomic E-state index is 0.783. The minimum Gasteiger partial charge on any atom is -0.356 e. The molecule has 0 radical (unpaired) electrons. The van der Waals surface area contributed by atoms with Crippen molar-refractivity contribution in [1.82, 2.24) is 9.97 Å². The number of fused-ring (bicyclic) bond motifs is 1. The van der Waals surface area contributed by atoms with Crippen molar-refractivity contribution >= 4 is 33.3 Å². The van der Waals surface area contributed by atoms with Crippen LogP contribution in [0.1, 0.15) is 38.0 Å². The van der Waals surface area contributed by atoms with Crippen LogP contribution in [0.25, 0.3) is 10.2 Å². The Kier molecular flexibility index (Phi) is 4.05. The van der Waals surface area contributed by atoms with Gasteiger partial charge >= 0.3 is 0 Å². The first kappa shape index (κ1) is 13.6. The molecule has 0 aromatic carbocycles. The Morgan fingerprint density at radius 1 is 1.25 bits per heavy atom. The molecule has 1 aliphatic heterocycles. The Balaban J connectivity index is 2.04. The third-order valence-electron chi connectivity index (χ3n) is 3.71. The summed E-state index contributed by atoms with van der Waals surface area (Å²) in [6, 6.07) is 2.28. The topological polar surface area (TPSA) is 41.1 Å². The van der Waals surface area contributed by atoms with E-state index in [1.165, 1.54) is 23.1 Å². The van der Waals surface area contributed by atoms with Gasteiger partial charge in [0, 0.05) is 24.5 Å². The molecule has 4 nitrogen and oxygen atoms in total. The summed E-state index contributed by atoms with van der Waals surface area (Å²) in [7, 11) is 0. The summed E-state index contributed by atoms with van der Waals surface area (Å²) in [5.41, 5.74) is 0. The summed E-state index contributed by atoms with van der Waals surface area (Å²) in [5.74, 6) is 1.91. The molecule has 2 aromatic rings. The lowest BCUT2D eigenvalue weighted by atomic mass is 10.3. The monoisotopic (exact) mass is 290 g/mol. The quantitative estimate of drug-likeness (QED) is 0.912. The van der Waals surface area contributed by atoms with Crippen molar-refractivity contribution in [3.05, 3.63) is 10.9 Å². The zero-order valence-corrected chi connectivity index (χ0v) is 13.1. The van der Waals surface area contributed by atoms with Crippen LogP contribution < -0.4 is 10.2 Å². The Bertz CT molecular complexity index is 587. The van der Waals surface area contributed by atoms with E-state index in [4.69, 9.17) is 4.98 Å². The maximum Gasteiger partial charge on any atom is 0.226 e. The van der Waals surface area contributed by atoms with E-state index < -0.39 is 0 Å². The normalized spacial score (nSPS) is 15.2. The van der Waals surface area contributed by atoms with E-state index in [1.807, 2.05) is 0 Å². The maximum absolute atomic E-state index is 4.78. The molecule has 1 aliphatic rings. The molecule has 3 heterocycles. The van der Waals surface area contributed by atoms with Crippen molar-refractivity contribution in [1.29, 1.82) is 0 Å². The van der Waals surface area contributed by atoms with Gasteiger partial charge in [0.1, 0.15) is 10.6 Å². The number of rotatable bonds is 5. The summed E-state index contributed by atoms with van der Waals surface area (Å²) in [6.45, 7) is 7.53. The van der Waals surface area contributed by atoms with E-state index in [0.717, 1.165) is 49.1 Å². The van der Waals surface area contributed by atoms with Gasteiger partial charge in [-0.2, -0.15) is 4.98 Å². The molecule has 0 saturated carbocycles. The molecule has 0 bridgehead atoms. The molecule has 20 heavy (non-hydrogen) atoms. The lowest BCUT2D eigenvalue weighted by molar-refractivity contribution is 0.923. The molecule has 0 amide bonds. The average molecular weight is 290 g/mol. The second kappa shape index (κ2) is 5.95. The summed E-state index contributed by atoms with van der Waals surface area (Å²) < 4.78 is 0. The van der Waals surface area contributed by atoms with Crippen molar-refractivity contribution in [3.8, 4) is 0 Å². The van der Waals surface area contributed by atoms with Crippen LogP contribution in [0.5, 0.6) is 0 Å². The van der Waals surface area contributed by atoms with Crippen LogP contribution in [0, 0.1) is 0 Å². The number of aromatic nitrogens is 2. The molecule has 5 heteroatoms. The predicted molar refractivity (Wildman–Crippen MR) is 87.0 cm³/mol. The van der Waals surface area contributed by atoms with Gasteiger partial charge in [-0.3, -0.25) is 0 Å². The fraction of sp³-hybridized carbons (Fsp3) is 0.600. The zero-order chi connectivity index (χ0) is 13.9. The van der Waals surface area contributed by atoms with Gasteiger partial charge in [-0.15, -0.1) is 11.3 Å². The molecule has 2 aromatic heterocycles. The van der Waals surface area contributed by atoms with Gasteiger partial charge in [0.15, 0.2) is 0 Å². The molecule has 3 rings (SSSR count). The van der Waals surface area contributed by atoms with E-state index in [0.29, 0.717) is 0 Å². The standard InChI is InChI=1S/C15H22N4S/c1-3-7-16-15-17-13(19-8-5-6-9-19)12-10-11(4-2)20-14(12)18-15/h10H,3-9H2,1-2H3,(H,16,17,18). The van der Waals surface area contributed by atoms with Crippen molar-refractivity contribution in [2.24, 2.45) is 0 Å². The van der Waals surface area contributed by atoms with Crippen LogP contribution in [-0.4, -0.2) is 29.6 Å². The number of anilines is 2. The smallest absolute Gasteiger partial charge is 0.226 e. The van der Waals surface area contributed by atoms with Crippen molar-refractivity contribution in [2.45, 2.75) is 39.5 Å². The molecule has 1 fully saturated rings. The maximum atomic E-state index is 4.78. The highest BCUT2D eigenvalue weighted by molar-refractivity contribution is 7.18. The highest BCUT2D eigenvalue weighted by Gasteiger charge is 2.19. The zero-order valence-electron chi connectivity index (χ0n) is 12.3. The number of nitrogens with one attached hydrogen (secondary N) is 1. The van der Waals surface area contributed by atoms with E-state index in [9.17, 15) is 0 Å². The molecule has 0 aliphatic carbocycles. The van der Waals surface area contributed by atoms with Gasteiger partial charge in [0.2, 0.25) is 5.95 Å². The lowest BCUT2D eigenvalue weighted by Crippen LogP contribution is -2.20. The third kappa shape index (κ3) is 2.59. The van der Waals surface area contributed by atoms with Crippen LogP contribution in [0.15, 0.2) is 6.07 Å². The SMILES string of the molecule is CCCNc1nc(N2CCCC2)c2cc(CC)sc2n1. The van der Waals surface area contributed by atoms with E-state index >= 15 is 0 Å². The van der Waals surface area contributed by atoms with Gasteiger partial charge in [0.25, 0.3) is 0 Å². The molecule has 108 valence electrons. The molecule has 0 unspecified atom stereocenters. The fourth-order valence-electron chi connectivity index (χ4n) is 2.62. The van der Waals surface area contributed by atoms with Gasteiger partial charge in [0.05, 0.1) is 5.39 Å². The molecular weight excluding hydrogens is 268 g/mol. The first-order valence-corrected chi connectivity index (χ1v) is 8.42. The van der Waals surface area contributed by atoms with Crippen LogP contribution >= 0.6 is 11.3 Å². The second-order valence-corrected chi connectivity index (χ2v) is 6.39. The van der Waals surface area contributed by atoms with E-state index in [2.05, 4.69) is 35.1 Å². The summed E-state index contributed by atoms with van der Waals surface area (Å²) in [5, 5.41) is 4.57. The Labute approximate surface area is 124 Å². The Morgan fingerprint density at radius 2 is 2.05 bits per heavy atom. The second-order valence-electron chi connectivity index (χ2n) is 5.28. The lowest BCUT2D eigenvalue weighted by Gasteiger charge is -2.18. The minimum atomic E-state index is 0.783. The largest absolute Gasteiger partial charge is 0.356 e. The van der Waals surface area contributed by atoms with Gasteiger partial charge in [-0.05, 0) is 31.7 Å². The highest BCUT2D eigenvalue weighted by Crippen LogP contribution is 2.33. The van der Waals surface area contributed by atoms with E-state index in [1.54, 1.807) is 11.3 Å². The van der Waals surface area contributed by atoms with Crippen LogP contribution in [0.2, 0.25) is 0 Å². The predicted octanol–water partition coefficient (Wildman–Crippen LogP) is 3.68. The third-order valence-corrected chi connectivity index (χ3v) is 4.88. The summed E-state index contributed by atoms with van der Waals surface area (Å²) in [4.78, 5) is 14.4. The van der Waals surface area contributed by atoms with Crippen molar-refractivity contribution < 1.29 is 0 Å². The molecule has 1 N–H and O–H groups in total. The Hall–Kier alpha value is -1.36. The number of thiophene rings is 1. The van der Waals surface area contributed by atoms with Crippen LogP contribution in [-0.2, 0) is 6.42 Å². The Morgan fingerprint density at radius 3 is 2.75 bits per heavy atom. The van der Waals surface area contributed by atoms with Gasteiger partial charge in [-0.1, -0.05) is 13.8 Å². The number of hydrogen-bond acceptors (Lipinski definition) is 5. The van der Waals surface area contributed by atoms with Crippen LogP contribution in [0.4, 0.5) is 11.8 Å². The van der Waals surface area contributed by atoms with Crippen molar-refractivity contribution in [2.75, 3.05) is 29.9 Å². The number of hydrogen-bond donors (Lipinski definition) is 1. The molecule has 0 atom stereocenters. The molecular formula is C15H22N4S. The number of aryl methyl sites for hydroxylation is 1. The average Bonchev–Trinajstić information content (AvgIpc) is 3.12. The van der Waals surface area contributed by atoms with Gasteiger partial charge in [-0.25, -0.2) is 4.98 Å². The fourth-order valence-corrected chi connectivity index (χ4v) is 3.58. The summed E-state index contributed by atoms with van der Waals surface area (Å²) >= 11 is 1.80. The van der Waals surface area contributed by atoms with E-state index in [-0.39, 0.29) is 0 Å². The van der Waals surface area contributed by atoms with Gasteiger partial charge < -0.3 is 10.2 Å². The molecule has 1 saturated heterocycles. The first-order chi connectivity index (χ1) is 9.81.